The summed E-state index contributed by atoms with van der Waals surface area (Å²) in [5.41, 5.74) is 1.09. The maximum atomic E-state index is 13.0. The van der Waals surface area contributed by atoms with Gasteiger partial charge < -0.3 is 5.32 Å². The van der Waals surface area contributed by atoms with Gasteiger partial charge in [0.05, 0.1) is 4.47 Å². The van der Waals surface area contributed by atoms with Gasteiger partial charge in [0, 0.05) is 18.0 Å². The highest BCUT2D eigenvalue weighted by molar-refractivity contribution is 9.10. The van der Waals surface area contributed by atoms with Crippen molar-refractivity contribution in [2.45, 2.75) is 13.0 Å². The first-order chi connectivity index (χ1) is 8.25. The minimum Gasteiger partial charge on any atom is -0.312 e. The van der Waals surface area contributed by atoms with E-state index in [-0.39, 0.29) is 5.82 Å². The molecule has 0 aliphatic heterocycles. The number of benzene rings is 1. The van der Waals surface area contributed by atoms with Crippen molar-refractivity contribution in [3.63, 3.8) is 0 Å². The first kappa shape index (κ1) is 12.7. The lowest BCUT2D eigenvalue weighted by Gasteiger charge is -2.05. The van der Waals surface area contributed by atoms with E-state index in [0.717, 1.165) is 25.1 Å². The first-order valence-corrected chi connectivity index (χ1v) is 7.10. The minimum atomic E-state index is -0.215. The zero-order valence-electron chi connectivity index (χ0n) is 9.25. The summed E-state index contributed by atoms with van der Waals surface area (Å²) in [6.07, 6.45) is 1.04. The third kappa shape index (κ3) is 3.91. The number of hydrogen-bond acceptors (Lipinski definition) is 2. The second-order valence-electron chi connectivity index (χ2n) is 3.75. The number of rotatable bonds is 5. The molecule has 0 bridgehead atoms. The predicted molar refractivity (Wildman–Crippen MR) is 73.8 cm³/mol. The standard InChI is InChI=1S/C13H13BrFNS/c14-12-8-10(3-4-13(12)15)9-16-6-5-11-2-1-7-17-11/h1-4,7-8,16H,5-6,9H2. The minimum absolute atomic E-state index is 0.215. The van der Waals surface area contributed by atoms with Crippen LogP contribution in [0, 0.1) is 5.82 Å². The van der Waals surface area contributed by atoms with Crippen LogP contribution in [-0.4, -0.2) is 6.54 Å². The van der Waals surface area contributed by atoms with Gasteiger partial charge in [0.1, 0.15) is 5.82 Å². The second-order valence-corrected chi connectivity index (χ2v) is 5.64. The molecule has 0 amide bonds. The zero-order valence-corrected chi connectivity index (χ0v) is 11.7. The molecule has 90 valence electrons. The Morgan fingerprint density at radius 3 is 2.88 bits per heavy atom. The molecule has 4 heteroatoms. The molecule has 2 rings (SSSR count). The van der Waals surface area contributed by atoms with E-state index in [0.29, 0.717) is 4.47 Å². The Balaban J connectivity index is 1.76. The van der Waals surface area contributed by atoms with Gasteiger partial charge >= 0.3 is 0 Å². The van der Waals surface area contributed by atoms with Gasteiger partial charge in [-0.2, -0.15) is 0 Å². The van der Waals surface area contributed by atoms with Gasteiger partial charge in [-0.05, 0) is 51.5 Å². The lowest BCUT2D eigenvalue weighted by molar-refractivity contribution is 0.618. The largest absolute Gasteiger partial charge is 0.312 e. The quantitative estimate of drug-likeness (QED) is 0.823. The average Bonchev–Trinajstić information content (AvgIpc) is 2.82. The molecule has 0 saturated heterocycles. The van der Waals surface area contributed by atoms with Gasteiger partial charge in [-0.3, -0.25) is 0 Å². The number of nitrogens with one attached hydrogen (secondary N) is 1. The van der Waals surface area contributed by atoms with Crippen LogP contribution in [0.4, 0.5) is 4.39 Å². The highest BCUT2D eigenvalue weighted by atomic mass is 79.9. The number of halogens is 2. The fourth-order valence-corrected chi connectivity index (χ4v) is 2.68. The van der Waals surface area contributed by atoms with Crippen LogP contribution < -0.4 is 5.32 Å². The smallest absolute Gasteiger partial charge is 0.137 e. The molecule has 1 N–H and O–H groups in total. The molecule has 1 nitrogen and oxygen atoms in total. The molecule has 0 spiro atoms. The first-order valence-electron chi connectivity index (χ1n) is 5.43. The second kappa shape index (κ2) is 6.28. The zero-order chi connectivity index (χ0) is 12.1. The van der Waals surface area contributed by atoms with Gasteiger partial charge in [0.2, 0.25) is 0 Å². The van der Waals surface area contributed by atoms with Crippen LogP contribution >= 0.6 is 27.3 Å². The van der Waals surface area contributed by atoms with Crippen molar-refractivity contribution >= 4 is 27.3 Å². The van der Waals surface area contributed by atoms with Crippen molar-refractivity contribution < 1.29 is 4.39 Å². The van der Waals surface area contributed by atoms with Crippen LogP contribution in [-0.2, 0) is 13.0 Å². The molecule has 1 heterocycles. The Hall–Kier alpha value is -0.710. The monoisotopic (exact) mass is 313 g/mol. The lowest BCUT2D eigenvalue weighted by Crippen LogP contribution is -2.16. The van der Waals surface area contributed by atoms with Gasteiger partial charge in [-0.25, -0.2) is 4.39 Å². The topological polar surface area (TPSA) is 12.0 Å². The van der Waals surface area contributed by atoms with Crippen molar-refractivity contribution in [2.24, 2.45) is 0 Å². The van der Waals surface area contributed by atoms with Crippen molar-refractivity contribution in [1.29, 1.82) is 0 Å². The van der Waals surface area contributed by atoms with Crippen LogP contribution in [0.5, 0.6) is 0 Å². The van der Waals surface area contributed by atoms with Gasteiger partial charge in [0.25, 0.3) is 0 Å². The average molecular weight is 314 g/mol. The Morgan fingerprint density at radius 1 is 1.29 bits per heavy atom. The number of hydrogen-bond donors (Lipinski definition) is 1. The third-order valence-electron chi connectivity index (χ3n) is 2.44. The molecule has 0 aliphatic carbocycles. The molecule has 1 aromatic carbocycles. The molecular weight excluding hydrogens is 301 g/mol. The SMILES string of the molecule is Fc1ccc(CNCCc2cccs2)cc1Br. The lowest BCUT2D eigenvalue weighted by atomic mass is 10.2. The molecule has 2 aromatic rings. The van der Waals surface area contributed by atoms with Crippen molar-refractivity contribution in [3.05, 3.63) is 56.4 Å². The molecular formula is C13H13BrFNS. The van der Waals surface area contributed by atoms with Crippen molar-refractivity contribution in [1.82, 2.24) is 5.32 Å². The van der Waals surface area contributed by atoms with E-state index in [1.807, 2.05) is 6.07 Å². The maximum absolute atomic E-state index is 13.0. The van der Waals surface area contributed by atoms with E-state index in [1.54, 1.807) is 17.4 Å². The highest BCUT2D eigenvalue weighted by Crippen LogP contribution is 2.16. The Labute approximate surface area is 113 Å². The summed E-state index contributed by atoms with van der Waals surface area (Å²) >= 11 is 4.96. The Bertz CT molecular complexity index is 470. The summed E-state index contributed by atoms with van der Waals surface area (Å²) in [5, 5.41) is 5.44. The maximum Gasteiger partial charge on any atom is 0.137 e. The summed E-state index contributed by atoms with van der Waals surface area (Å²) in [6, 6.07) is 9.31. The van der Waals surface area contributed by atoms with Gasteiger partial charge in [0.15, 0.2) is 0 Å². The van der Waals surface area contributed by atoms with E-state index in [9.17, 15) is 4.39 Å². The third-order valence-corrected chi connectivity index (χ3v) is 3.99. The van der Waals surface area contributed by atoms with Gasteiger partial charge in [-0.1, -0.05) is 12.1 Å². The summed E-state index contributed by atoms with van der Waals surface area (Å²) < 4.78 is 13.5. The molecule has 17 heavy (non-hydrogen) atoms. The summed E-state index contributed by atoms with van der Waals surface area (Å²) in [6.45, 7) is 1.71. The Kier molecular flexibility index (Phi) is 4.71. The molecule has 1 aromatic heterocycles. The van der Waals surface area contributed by atoms with Crippen molar-refractivity contribution in [2.75, 3.05) is 6.54 Å². The molecule has 0 fully saturated rings. The summed E-state index contributed by atoms with van der Waals surface area (Å²) in [4.78, 5) is 1.39. The molecule has 0 atom stereocenters. The molecule has 0 aliphatic rings. The molecule has 0 saturated carbocycles. The van der Waals surface area contributed by atoms with Crippen LogP contribution in [0.2, 0.25) is 0 Å². The number of thiophene rings is 1. The molecule has 0 radical (unpaired) electrons. The van der Waals surface area contributed by atoms with E-state index < -0.39 is 0 Å². The van der Waals surface area contributed by atoms with Gasteiger partial charge in [-0.15, -0.1) is 11.3 Å². The summed E-state index contributed by atoms with van der Waals surface area (Å²) in [7, 11) is 0. The summed E-state index contributed by atoms with van der Waals surface area (Å²) in [5.74, 6) is -0.215. The van der Waals surface area contributed by atoms with Crippen LogP contribution in [0.25, 0.3) is 0 Å². The van der Waals surface area contributed by atoms with E-state index >= 15 is 0 Å². The van der Waals surface area contributed by atoms with E-state index in [2.05, 4.69) is 38.8 Å². The van der Waals surface area contributed by atoms with Crippen molar-refractivity contribution in [3.8, 4) is 0 Å². The Morgan fingerprint density at radius 2 is 2.18 bits per heavy atom. The fraction of sp³-hybridized carbons (Fsp3) is 0.231. The van der Waals surface area contributed by atoms with E-state index in [1.165, 1.54) is 10.9 Å². The molecule has 0 unspecified atom stereocenters. The van der Waals surface area contributed by atoms with Crippen LogP contribution in [0.15, 0.2) is 40.2 Å². The van der Waals surface area contributed by atoms with Crippen LogP contribution in [0.3, 0.4) is 0 Å². The highest BCUT2D eigenvalue weighted by Gasteiger charge is 2.00. The van der Waals surface area contributed by atoms with E-state index in [4.69, 9.17) is 0 Å². The van der Waals surface area contributed by atoms with Crippen LogP contribution in [0.1, 0.15) is 10.4 Å². The predicted octanol–water partition coefficient (Wildman–Crippen LogP) is 3.98. The normalized spacial score (nSPS) is 10.7. The fourth-order valence-electron chi connectivity index (χ4n) is 1.55.